The first-order chi connectivity index (χ1) is 9.69. The molecule has 0 saturated carbocycles. The summed E-state index contributed by atoms with van der Waals surface area (Å²) in [6, 6.07) is 6.10. The van der Waals surface area contributed by atoms with Gasteiger partial charge in [0.2, 0.25) is 0 Å². The fourth-order valence-corrected chi connectivity index (χ4v) is 2.66. The Balaban J connectivity index is 1.76. The van der Waals surface area contributed by atoms with Crippen molar-refractivity contribution in [1.29, 1.82) is 0 Å². The normalized spacial score (nSPS) is 19.1. The smallest absolute Gasteiger partial charge is 0.123 e. The third-order valence-corrected chi connectivity index (χ3v) is 3.95. The summed E-state index contributed by atoms with van der Waals surface area (Å²) in [4.78, 5) is 2.27. The molecule has 112 valence electrons. The zero-order chi connectivity index (χ0) is 14.4. The highest BCUT2D eigenvalue weighted by atomic mass is 19.1. The molecule has 1 N–H and O–H groups in total. The summed E-state index contributed by atoms with van der Waals surface area (Å²) in [5.74, 6) is 0.381. The number of halogens is 1. The van der Waals surface area contributed by atoms with Gasteiger partial charge in [0.05, 0.1) is 6.10 Å². The first-order valence-corrected chi connectivity index (χ1v) is 7.42. The maximum absolute atomic E-state index is 12.8. The molecule has 0 aromatic heterocycles. The molecule has 1 fully saturated rings. The Bertz CT molecular complexity index is 388. The van der Waals surface area contributed by atoms with Crippen LogP contribution in [0.1, 0.15) is 31.4 Å². The number of likely N-dealkylation sites (tertiary alicyclic amines) is 1. The minimum absolute atomic E-state index is 0.266. The number of nitrogens with zero attached hydrogens (tertiary/aromatic N) is 1. The van der Waals surface area contributed by atoms with Crippen molar-refractivity contribution in [2.75, 3.05) is 32.8 Å². The zero-order valence-electron chi connectivity index (χ0n) is 12.1. The van der Waals surface area contributed by atoms with Crippen LogP contribution >= 0.6 is 0 Å². The van der Waals surface area contributed by atoms with Crippen LogP contribution in [0.2, 0.25) is 0 Å². The quantitative estimate of drug-likeness (QED) is 0.870. The fourth-order valence-electron chi connectivity index (χ4n) is 2.66. The molecule has 1 saturated heterocycles. The Morgan fingerprint density at radius 1 is 1.30 bits per heavy atom. The maximum Gasteiger partial charge on any atom is 0.123 e. The summed E-state index contributed by atoms with van der Waals surface area (Å²) < 4.78 is 18.3. The van der Waals surface area contributed by atoms with Crippen LogP contribution in [0, 0.1) is 11.7 Å². The van der Waals surface area contributed by atoms with Crippen LogP contribution < -0.4 is 0 Å². The molecule has 1 unspecified atom stereocenters. The predicted molar refractivity (Wildman–Crippen MR) is 77.0 cm³/mol. The average Bonchev–Trinajstić information content (AvgIpc) is 2.47. The summed E-state index contributed by atoms with van der Waals surface area (Å²) in [5, 5.41) is 10.2. The van der Waals surface area contributed by atoms with Gasteiger partial charge >= 0.3 is 0 Å². The van der Waals surface area contributed by atoms with Gasteiger partial charge < -0.3 is 14.7 Å². The van der Waals surface area contributed by atoms with Crippen LogP contribution in [0.3, 0.4) is 0 Å². The Morgan fingerprint density at radius 2 is 1.95 bits per heavy atom. The number of rotatable bonds is 6. The van der Waals surface area contributed by atoms with Gasteiger partial charge in [0.25, 0.3) is 0 Å². The molecule has 1 heterocycles. The van der Waals surface area contributed by atoms with E-state index in [0.29, 0.717) is 12.5 Å². The number of aliphatic hydroxyl groups is 1. The molecule has 4 heteroatoms. The second-order valence-electron chi connectivity index (χ2n) is 5.47. The van der Waals surface area contributed by atoms with E-state index in [4.69, 9.17) is 4.74 Å². The van der Waals surface area contributed by atoms with Crippen LogP contribution in [-0.2, 0) is 4.74 Å². The van der Waals surface area contributed by atoms with Crippen molar-refractivity contribution in [1.82, 2.24) is 4.90 Å². The van der Waals surface area contributed by atoms with E-state index < -0.39 is 6.10 Å². The molecule has 2 rings (SSSR count). The monoisotopic (exact) mass is 281 g/mol. The van der Waals surface area contributed by atoms with E-state index in [1.54, 1.807) is 12.1 Å². The first kappa shape index (κ1) is 15.4. The average molecular weight is 281 g/mol. The number of β-amino-alcohol motifs (C(OH)–C–C–N with tert-alkyl or cyclic N) is 1. The molecule has 1 atom stereocenters. The lowest BCUT2D eigenvalue weighted by atomic mass is 9.97. The Kier molecular flexibility index (Phi) is 5.95. The van der Waals surface area contributed by atoms with E-state index in [1.807, 2.05) is 6.92 Å². The molecule has 0 aliphatic carbocycles. The summed E-state index contributed by atoms with van der Waals surface area (Å²) in [5.41, 5.74) is 0.780. The molecule has 3 nitrogen and oxygen atoms in total. The van der Waals surface area contributed by atoms with Gasteiger partial charge in [-0.2, -0.15) is 0 Å². The minimum Gasteiger partial charge on any atom is -0.387 e. The second kappa shape index (κ2) is 7.72. The van der Waals surface area contributed by atoms with Crippen molar-refractivity contribution < 1.29 is 14.2 Å². The molecule has 1 aliphatic heterocycles. The number of benzene rings is 1. The van der Waals surface area contributed by atoms with Gasteiger partial charge in [0, 0.05) is 19.8 Å². The maximum atomic E-state index is 12.8. The van der Waals surface area contributed by atoms with E-state index in [0.717, 1.165) is 44.7 Å². The molecule has 0 amide bonds. The number of ether oxygens (including phenoxy) is 1. The summed E-state index contributed by atoms with van der Waals surface area (Å²) >= 11 is 0. The lowest BCUT2D eigenvalue weighted by Crippen LogP contribution is -2.37. The van der Waals surface area contributed by atoms with Gasteiger partial charge in [-0.05, 0) is 56.5 Å². The summed E-state index contributed by atoms with van der Waals surface area (Å²) in [7, 11) is 0. The van der Waals surface area contributed by atoms with Crippen molar-refractivity contribution in [2.45, 2.75) is 25.9 Å². The van der Waals surface area contributed by atoms with Crippen LogP contribution in [0.15, 0.2) is 24.3 Å². The molecule has 20 heavy (non-hydrogen) atoms. The summed E-state index contributed by atoms with van der Waals surface area (Å²) in [6.07, 6.45) is 1.70. The highest BCUT2D eigenvalue weighted by Gasteiger charge is 2.21. The highest BCUT2D eigenvalue weighted by molar-refractivity contribution is 5.18. The van der Waals surface area contributed by atoms with Gasteiger partial charge in [0.15, 0.2) is 0 Å². The van der Waals surface area contributed by atoms with Crippen molar-refractivity contribution in [3.05, 3.63) is 35.6 Å². The van der Waals surface area contributed by atoms with Crippen LogP contribution in [0.5, 0.6) is 0 Å². The molecular formula is C16H24FNO2. The van der Waals surface area contributed by atoms with Gasteiger partial charge in [-0.3, -0.25) is 0 Å². The number of aliphatic hydroxyl groups excluding tert-OH is 1. The van der Waals surface area contributed by atoms with Crippen LogP contribution in [0.4, 0.5) is 4.39 Å². The largest absolute Gasteiger partial charge is 0.387 e. The van der Waals surface area contributed by atoms with Crippen molar-refractivity contribution in [3.63, 3.8) is 0 Å². The minimum atomic E-state index is -0.543. The lowest BCUT2D eigenvalue weighted by molar-refractivity contribution is 0.0534. The Morgan fingerprint density at radius 3 is 2.55 bits per heavy atom. The van der Waals surface area contributed by atoms with Crippen molar-refractivity contribution in [2.24, 2.45) is 5.92 Å². The van der Waals surface area contributed by atoms with E-state index in [2.05, 4.69) is 4.90 Å². The Labute approximate surface area is 120 Å². The molecule has 0 radical (unpaired) electrons. The van der Waals surface area contributed by atoms with Gasteiger partial charge in [-0.1, -0.05) is 12.1 Å². The topological polar surface area (TPSA) is 32.7 Å². The molecular weight excluding hydrogens is 257 g/mol. The third-order valence-electron chi connectivity index (χ3n) is 3.95. The second-order valence-corrected chi connectivity index (χ2v) is 5.47. The van der Waals surface area contributed by atoms with Crippen LogP contribution in [0.25, 0.3) is 0 Å². The van der Waals surface area contributed by atoms with E-state index in [1.165, 1.54) is 12.1 Å². The molecule has 0 bridgehead atoms. The number of piperidine rings is 1. The highest BCUT2D eigenvalue weighted by Crippen LogP contribution is 2.21. The number of hydrogen-bond donors (Lipinski definition) is 1. The van der Waals surface area contributed by atoms with E-state index >= 15 is 0 Å². The standard InChI is InChI=1S/C16H24FNO2/c1-2-20-12-13-7-9-18(10-8-13)11-16(19)14-3-5-15(17)6-4-14/h3-6,13,16,19H,2,7-12H2,1H3. The molecule has 1 aromatic carbocycles. The fraction of sp³-hybridized carbons (Fsp3) is 0.625. The van der Waals surface area contributed by atoms with Crippen molar-refractivity contribution in [3.8, 4) is 0 Å². The van der Waals surface area contributed by atoms with Crippen LogP contribution in [-0.4, -0.2) is 42.9 Å². The van der Waals surface area contributed by atoms with Crippen molar-refractivity contribution >= 4 is 0 Å². The SMILES string of the molecule is CCOCC1CCN(CC(O)c2ccc(F)cc2)CC1. The van der Waals surface area contributed by atoms with Gasteiger partial charge in [-0.25, -0.2) is 4.39 Å². The summed E-state index contributed by atoms with van der Waals surface area (Å²) in [6.45, 7) is 6.27. The molecule has 1 aliphatic rings. The van der Waals surface area contributed by atoms with Gasteiger partial charge in [0.1, 0.15) is 5.82 Å². The van der Waals surface area contributed by atoms with E-state index in [9.17, 15) is 9.50 Å². The molecule has 1 aromatic rings. The predicted octanol–water partition coefficient (Wildman–Crippen LogP) is 2.61. The van der Waals surface area contributed by atoms with Gasteiger partial charge in [-0.15, -0.1) is 0 Å². The third kappa shape index (κ3) is 4.54. The zero-order valence-corrected chi connectivity index (χ0v) is 12.1. The molecule has 0 spiro atoms. The Hall–Kier alpha value is -0.970. The first-order valence-electron chi connectivity index (χ1n) is 7.42. The number of hydrogen-bond acceptors (Lipinski definition) is 3. The lowest BCUT2D eigenvalue weighted by Gasteiger charge is -2.33. The van der Waals surface area contributed by atoms with E-state index in [-0.39, 0.29) is 5.82 Å².